The molecule has 0 saturated carbocycles. The highest BCUT2D eigenvalue weighted by Crippen LogP contribution is 2.15. The molecule has 0 fully saturated rings. The van der Waals surface area contributed by atoms with Gasteiger partial charge in [-0.3, -0.25) is 5.41 Å². The van der Waals surface area contributed by atoms with Gasteiger partial charge in [0.2, 0.25) is 5.90 Å². The number of hydrogen-bond acceptors (Lipinski definition) is 2. The quantitative estimate of drug-likeness (QED) is 0.493. The molecule has 1 heterocycles. The monoisotopic (exact) mass is 127 g/mol. The second-order valence-corrected chi connectivity index (χ2v) is 2.08. The maximum atomic E-state index is 6.99. The highest BCUT2D eigenvalue weighted by Gasteiger charge is 1.89. The van der Waals surface area contributed by atoms with Crippen molar-refractivity contribution in [2.45, 2.75) is 0 Å². The molecule has 3 heteroatoms. The fraction of sp³-hybridized carbons (Fsp3) is 0. The van der Waals surface area contributed by atoms with Gasteiger partial charge in [0.05, 0.1) is 8.81 Å². The van der Waals surface area contributed by atoms with Crippen molar-refractivity contribution in [2.75, 3.05) is 0 Å². The molecule has 8 heavy (non-hydrogen) atoms. The Balaban J connectivity index is 2.58. The Morgan fingerprint density at radius 3 is 3.25 bits per heavy atom. The zero-order chi connectivity index (χ0) is 5.82. The average molecular weight is 127 g/mol. The molecular formula is C5H6NOP. The Bertz CT molecular complexity index is 151. The van der Waals surface area contributed by atoms with Gasteiger partial charge in [0.25, 0.3) is 0 Å². The van der Waals surface area contributed by atoms with Gasteiger partial charge < -0.3 is 4.52 Å². The third-order valence-electron chi connectivity index (χ3n) is 0.692. The summed E-state index contributed by atoms with van der Waals surface area (Å²) in [6.45, 7) is 0. The summed E-state index contributed by atoms with van der Waals surface area (Å²) in [6.07, 6.45) is 5.29. The van der Waals surface area contributed by atoms with Crippen LogP contribution in [-0.4, -0.2) is 5.90 Å². The van der Waals surface area contributed by atoms with Gasteiger partial charge in [0.15, 0.2) is 0 Å². The molecule has 0 amide bonds. The molecule has 0 aromatic heterocycles. The third kappa shape index (κ3) is 1.47. The lowest BCUT2D eigenvalue weighted by molar-refractivity contribution is 0.636. The van der Waals surface area contributed by atoms with E-state index < -0.39 is 0 Å². The number of hydrogen-bond donors (Lipinski definition) is 1. The summed E-state index contributed by atoms with van der Waals surface area (Å²) in [5.74, 6) is 2.13. The van der Waals surface area contributed by atoms with E-state index in [1.54, 1.807) is 12.2 Å². The standard InChI is InChI=1S/C5H6NOP/c6-5-3-1-2-4-8-7-5/h1-4,6,8H. The Kier molecular flexibility index (Phi) is 1.81. The first-order chi connectivity index (χ1) is 3.89. The van der Waals surface area contributed by atoms with Crippen molar-refractivity contribution in [3.63, 3.8) is 0 Å². The largest absolute Gasteiger partial charge is 0.456 e. The average Bonchev–Trinajstić information content (AvgIpc) is 1.94. The van der Waals surface area contributed by atoms with Gasteiger partial charge in [-0.25, -0.2) is 0 Å². The normalized spacial score (nSPS) is 20.8. The Morgan fingerprint density at radius 2 is 2.38 bits per heavy atom. The molecule has 1 atom stereocenters. The van der Waals surface area contributed by atoms with Crippen LogP contribution in [0.25, 0.3) is 0 Å². The van der Waals surface area contributed by atoms with Crippen molar-refractivity contribution < 1.29 is 4.52 Å². The fourth-order valence-electron chi connectivity index (χ4n) is 0.369. The summed E-state index contributed by atoms with van der Waals surface area (Å²) in [4.78, 5) is 0. The summed E-state index contributed by atoms with van der Waals surface area (Å²) < 4.78 is 4.84. The zero-order valence-corrected chi connectivity index (χ0v) is 5.22. The predicted molar refractivity (Wildman–Crippen MR) is 35.4 cm³/mol. The van der Waals surface area contributed by atoms with Crippen LogP contribution in [0.1, 0.15) is 0 Å². The summed E-state index contributed by atoms with van der Waals surface area (Å²) in [6, 6.07) is 0. The van der Waals surface area contributed by atoms with E-state index in [1.165, 1.54) is 0 Å². The molecule has 1 N–H and O–H groups in total. The summed E-state index contributed by atoms with van der Waals surface area (Å²) >= 11 is 0. The zero-order valence-electron chi connectivity index (χ0n) is 4.22. The van der Waals surface area contributed by atoms with Gasteiger partial charge in [-0.05, 0) is 11.9 Å². The topological polar surface area (TPSA) is 33.1 Å². The van der Waals surface area contributed by atoms with Crippen molar-refractivity contribution in [3.8, 4) is 0 Å². The van der Waals surface area contributed by atoms with Crippen LogP contribution in [0.15, 0.2) is 24.0 Å². The van der Waals surface area contributed by atoms with Gasteiger partial charge in [-0.15, -0.1) is 0 Å². The molecule has 0 aliphatic carbocycles. The van der Waals surface area contributed by atoms with E-state index in [-0.39, 0.29) is 5.90 Å². The van der Waals surface area contributed by atoms with Gasteiger partial charge in [0.1, 0.15) is 0 Å². The summed E-state index contributed by atoms with van der Waals surface area (Å²) in [7, 11) is 0.307. The molecule has 0 spiro atoms. The van der Waals surface area contributed by atoms with E-state index in [0.717, 1.165) is 0 Å². The molecule has 2 nitrogen and oxygen atoms in total. The Labute approximate surface area is 49.6 Å². The van der Waals surface area contributed by atoms with Gasteiger partial charge >= 0.3 is 0 Å². The number of nitrogens with one attached hydrogen (secondary N) is 1. The Morgan fingerprint density at radius 1 is 1.50 bits per heavy atom. The van der Waals surface area contributed by atoms with Crippen LogP contribution in [0.5, 0.6) is 0 Å². The van der Waals surface area contributed by atoms with E-state index in [4.69, 9.17) is 9.93 Å². The molecule has 0 radical (unpaired) electrons. The molecule has 1 aliphatic rings. The molecule has 0 aromatic carbocycles. The van der Waals surface area contributed by atoms with Crippen LogP contribution < -0.4 is 0 Å². The minimum atomic E-state index is 0.244. The van der Waals surface area contributed by atoms with Crippen LogP contribution in [0.4, 0.5) is 0 Å². The molecule has 0 aromatic rings. The van der Waals surface area contributed by atoms with Crippen molar-refractivity contribution in [1.82, 2.24) is 0 Å². The van der Waals surface area contributed by atoms with Crippen LogP contribution in [0.2, 0.25) is 0 Å². The molecule has 0 saturated heterocycles. The van der Waals surface area contributed by atoms with Crippen molar-refractivity contribution in [1.29, 1.82) is 5.41 Å². The van der Waals surface area contributed by atoms with Gasteiger partial charge in [0, 0.05) is 0 Å². The van der Waals surface area contributed by atoms with Crippen LogP contribution in [0.3, 0.4) is 0 Å². The summed E-state index contributed by atoms with van der Waals surface area (Å²) in [5.41, 5.74) is 0. The van der Waals surface area contributed by atoms with Crippen molar-refractivity contribution in [2.24, 2.45) is 0 Å². The SMILES string of the molecule is N=C1C=CC=CPO1. The molecule has 42 valence electrons. The Hall–Kier alpha value is -0.620. The lowest BCUT2D eigenvalue weighted by Gasteiger charge is -1.93. The first-order valence-corrected chi connectivity index (χ1v) is 3.22. The molecular weight excluding hydrogens is 121 g/mol. The molecule has 1 aliphatic heterocycles. The first-order valence-electron chi connectivity index (χ1n) is 2.24. The molecule has 1 unspecified atom stereocenters. The minimum absolute atomic E-state index is 0.244. The van der Waals surface area contributed by atoms with E-state index in [1.807, 2.05) is 11.9 Å². The van der Waals surface area contributed by atoms with E-state index in [0.29, 0.717) is 8.81 Å². The smallest absolute Gasteiger partial charge is 0.208 e. The second kappa shape index (κ2) is 2.63. The first kappa shape index (κ1) is 5.52. The highest BCUT2D eigenvalue weighted by atomic mass is 31.1. The minimum Gasteiger partial charge on any atom is -0.456 e. The fourth-order valence-corrected chi connectivity index (χ4v) is 0.822. The van der Waals surface area contributed by atoms with Crippen LogP contribution in [0, 0.1) is 5.41 Å². The van der Waals surface area contributed by atoms with Gasteiger partial charge in [-0.1, -0.05) is 12.2 Å². The summed E-state index contributed by atoms with van der Waals surface area (Å²) in [5, 5.41) is 6.99. The van der Waals surface area contributed by atoms with Crippen molar-refractivity contribution >= 4 is 14.7 Å². The molecule has 1 rings (SSSR count). The van der Waals surface area contributed by atoms with Crippen LogP contribution >= 0.6 is 8.81 Å². The van der Waals surface area contributed by atoms with E-state index >= 15 is 0 Å². The lowest BCUT2D eigenvalue weighted by atomic mass is 10.5. The number of rotatable bonds is 0. The third-order valence-corrected chi connectivity index (χ3v) is 1.36. The van der Waals surface area contributed by atoms with E-state index in [9.17, 15) is 0 Å². The maximum absolute atomic E-state index is 6.99. The van der Waals surface area contributed by atoms with E-state index in [2.05, 4.69) is 0 Å². The maximum Gasteiger partial charge on any atom is 0.208 e. The van der Waals surface area contributed by atoms with Crippen LogP contribution in [-0.2, 0) is 4.52 Å². The molecule has 0 bridgehead atoms. The van der Waals surface area contributed by atoms with Gasteiger partial charge in [-0.2, -0.15) is 0 Å². The number of allylic oxidation sites excluding steroid dienone is 2. The second-order valence-electron chi connectivity index (χ2n) is 1.30. The lowest BCUT2D eigenvalue weighted by Crippen LogP contribution is -1.86. The highest BCUT2D eigenvalue weighted by molar-refractivity contribution is 7.36. The predicted octanol–water partition coefficient (Wildman–Crippen LogP) is 1.66. The van der Waals surface area contributed by atoms with Crippen molar-refractivity contribution in [3.05, 3.63) is 24.0 Å².